The molecule has 0 saturated heterocycles. The van der Waals surface area contributed by atoms with Crippen molar-refractivity contribution in [2.45, 2.75) is 39.3 Å². The maximum absolute atomic E-state index is 12.9. The molecule has 1 aromatic carbocycles. The van der Waals surface area contributed by atoms with Gasteiger partial charge in [0.2, 0.25) is 0 Å². The molecule has 2 atom stereocenters. The Kier molecular flexibility index (Phi) is 5.59. The Morgan fingerprint density at radius 2 is 1.82 bits per heavy atom. The van der Waals surface area contributed by atoms with E-state index >= 15 is 0 Å². The third-order valence-corrected chi connectivity index (χ3v) is 3.10. The second kappa shape index (κ2) is 6.72. The molecule has 0 bridgehead atoms. The van der Waals surface area contributed by atoms with Crippen molar-refractivity contribution in [2.24, 2.45) is 5.92 Å². The zero-order valence-corrected chi connectivity index (χ0v) is 10.8. The first-order chi connectivity index (χ1) is 8.08. The number of aliphatic hydroxyl groups excluding tert-OH is 1. The maximum Gasteiger partial charge on any atom is 0.123 e. The lowest BCUT2D eigenvalue weighted by atomic mass is 9.99. The summed E-state index contributed by atoms with van der Waals surface area (Å²) >= 11 is 0. The van der Waals surface area contributed by atoms with E-state index in [9.17, 15) is 9.50 Å². The number of aliphatic hydroxyl groups is 1. The van der Waals surface area contributed by atoms with E-state index in [0.717, 1.165) is 12.0 Å². The lowest BCUT2D eigenvalue weighted by Crippen LogP contribution is -2.39. The molecule has 0 fully saturated rings. The first-order valence-corrected chi connectivity index (χ1v) is 6.20. The molecule has 0 saturated carbocycles. The van der Waals surface area contributed by atoms with Crippen LogP contribution in [-0.2, 0) is 0 Å². The smallest absolute Gasteiger partial charge is 0.123 e. The lowest BCUT2D eigenvalue weighted by Gasteiger charge is -2.26. The summed E-state index contributed by atoms with van der Waals surface area (Å²) < 4.78 is 12.9. The number of rotatable bonds is 6. The average Bonchev–Trinajstić information content (AvgIpc) is 2.32. The number of nitrogens with one attached hydrogen (secondary N) is 1. The molecule has 0 radical (unpaired) electrons. The molecule has 1 aromatic rings. The van der Waals surface area contributed by atoms with Crippen LogP contribution in [0.1, 0.15) is 38.8 Å². The highest BCUT2D eigenvalue weighted by atomic mass is 19.1. The average molecular weight is 239 g/mol. The number of halogens is 1. The van der Waals surface area contributed by atoms with Crippen LogP contribution in [0.5, 0.6) is 0 Å². The van der Waals surface area contributed by atoms with Gasteiger partial charge in [0.15, 0.2) is 0 Å². The van der Waals surface area contributed by atoms with Gasteiger partial charge in [-0.25, -0.2) is 4.39 Å². The third-order valence-electron chi connectivity index (χ3n) is 3.10. The van der Waals surface area contributed by atoms with Crippen LogP contribution in [-0.4, -0.2) is 17.8 Å². The van der Waals surface area contributed by atoms with Gasteiger partial charge in [0.05, 0.1) is 6.61 Å². The minimum atomic E-state index is -0.217. The lowest BCUT2D eigenvalue weighted by molar-refractivity contribution is 0.198. The monoisotopic (exact) mass is 239 g/mol. The summed E-state index contributed by atoms with van der Waals surface area (Å²) in [5.74, 6) is 0.153. The Morgan fingerprint density at radius 3 is 2.24 bits per heavy atom. The standard InChI is InChI=1S/C14H22FNO/c1-4-13(16-14(9-17)10(2)3)11-5-7-12(15)8-6-11/h5-8,10,13-14,16-17H,4,9H2,1-3H3. The molecular formula is C14H22FNO. The van der Waals surface area contributed by atoms with E-state index in [1.54, 1.807) is 12.1 Å². The van der Waals surface area contributed by atoms with Crippen molar-refractivity contribution in [1.29, 1.82) is 0 Å². The molecule has 0 amide bonds. The van der Waals surface area contributed by atoms with E-state index in [2.05, 4.69) is 26.1 Å². The van der Waals surface area contributed by atoms with Crippen molar-refractivity contribution >= 4 is 0 Å². The summed E-state index contributed by atoms with van der Waals surface area (Å²) in [6.07, 6.45) is 0.912. The number of hydrogen-bond acceptors (Lipinski definition) is 2. The van der Waals surface area contributed by atoms with Crippen molar-refractivity contribution in [1.82, 2.24) is 5.32 Å². The first-order valence-electron chi connectivity index (χ1n) is 6.20. The van der Waals surface area contributed by atoms with Crippen molar-refractivity contribution in [2.75, 3.05) is 6.61 Å². The van der Waals surface area contributed by atoms with Crippen molar-refractivity contribution in [3.63, 3.8) is 0 Å². The summed E-state index contributed by atoms with van der Waals surface area (Å²) in [5, 5.41) is 12.7. The van der Waals surface area contributed by atoms with Gasteiger partial charge in [-0.15, -0.1) is 0 Å². The Balaban J connectivity index is 2.74. The Morgan fingerprint density at radius 1 is 1.24 bits per heavy atom. The minimum absolute atomic E-state index is 0.0741. The fourth-order valence-corrected chi connectivity index (χ4v) is 1.86. The van der Waals surface area contributed by atoms with Crippen LogP contribution in [0.15, 0.2) is 24.3 Å². The molecule has 2 nitrogen and oxygen atoms in total. The fraction of sp³-hybridized carbons (Fsp3) is 0.571. The van der Waals surface area contributed by atoms with E-state index in [4.69, 9.17) is 0 Å². The van der Waals surface area contributed by atoms with Crippen molar-refractivity contribution in [3.8, 4) is 0 Å². The van der Waals surface area contributed by atoms with Crippen molar-refractivity contribution in [3.05, 3.63) is 35.6 Å². The molecule has 0 aliphatic rings. The van der Waals surface area contributed by atoms with Gasteiger partial charge in [-0.1, -0.05) is 32.9 Å². The Bertz CT molecular complexity index is 323. The van der Waals surface area contributed by atoms with E-state index in [0.29, 0.717) is 5.92 Å². The van der Waals surface area contributed by atoms with Crippen molar-refractivity contribution < 1.29 is 9.50 Å². The molecule has 0 aliphatic carbocycles. The van der Waals surface area contributed by atoms with Gasteiger partial charge in [0, 0.05) is 12.1 Å². The van der Waals surface area contributed by atoms with E-state index in [1.165, 1.54) is 12.1 Å². The summed E-state index contributed by atoms with van der Waals surface area (Å²) in [6.45, 7) is 6.35. The highest BCUT2D eigenvalue weighted by Crippen LogP contribution is 2.19. The van der Waals surface area contributed by atoms with Gasteiger partial charge in [0.1, 0.15) is 5.82 Å². The topological polar surface area (TPSA) is 32.3 Å². The van der Waals surface area contributed by atoms with Gasteiger partial charge in [-0.05, 0) is 30.0 Å². The molecular weight excluding hydrogens is 217 g/mol. The summed E-state index contributed by atoms with van der Waals surface area (Å²) in [6, 6.07) is 6.78. The van der Waals surface area contributed by atoms with Gasteiger partial charge in [0.25, 0.3) is 0 Å². The molecule has 96 valence electrons. The van der Waals surface area contributed by atoms with Gasteiger partial charge in [-0.2, -0.15) is 0 Å². The van der Waals surface area contributed by atoms with Crippen LogP contribution in [0.3, 0.4) is 0 Å². The molecule has 0 heterocycles. The van der Waals surface area contributed by atoms with Crippen LogP contribution in [0.2, 0.25) is 0 Å². The second-order valence-corrected chi connectivity index (χ2v) is 4.71. The first kappa shape index (κ1) is 14.1. The molecule has 2 unspecified atom stereocenters. The highest BCUT2D eigenvalue weighted by Gasteiger charge is 2.17. The maximum atomic E-state index is 12.9. The molecule has 0 aliphatic heterocycles. The number of hydrogen-bond donors (Lipinski definition) is 2. The van der Waals surface area contributed by atoms with E-state index in [-0.39, 0.29) is 24.5 Å². The van der Waals surface area contributed by atoms with E-state index in [1.807, 2.05) is 0 Å². The van der Waals surface area contributed by atoms with Gasteiger partial charge < -0.3 is 10.4 Å². The predicted octanol–water partition coefficient (Wildman–Crippen LogP) is 2.88. The zero-order valence-electron chi connectivity index (χ0n) is 10.8. The molecule has 0 spiro atoms. The third kappa shape index (κ3) is 4.10. The molecule has 0 aromatic heterocycles. The minimum Gasteiger partial charge on any atom is -0.395 e. The summed E-state index contributed by atoms with van der Waals surface area (Å²) in [4.78, 5) is 0. The summed E-state index contributed by atoms with van der Waals surface area (Å²) in [5.41, 5.74) is 1.06. The normalized spacial score (nSPS) is 14.9. The molecule has 1 rings (SSSR count). The second-order valence-electron chi connectivity index (χ2n) is 4.71. The highest BCUT2D eigenvalue weighted by molar-refractivity contribution is 5.20. The Labute approximate surface area is 103 Å². The fourth-order valence-electron chi connectivity index (χ4n) is 1.86. The largest absolute Gasteiger partial charge is 0.395 e. The zero-order chi connectivity index (χ0) is 12.8. The van der Waals surface area contributed by atoms with Crippen LogP contribution in [0.4, 0.5) is 4.39 Å². The van der Waals surface area contributed by atoms with Crippen LogP contribution >= 0.6 is 0 Å². The Hall–Kier alpha value is -0.930. The number of benzene rings is 1. The van der Waals surface area contributed by atoms with Crippen LogP contribution in [0, 0.1) is 11.7 Å². The molecule has 2 N–H and O–H groups in total. The van der Waals surface area contributed by atoms with Gasteiger partial charge >= 0.3 is 0 Å². The van der Waals surface area contributed by atoms with Crippen LogP contribution < -0.4 is 5.32 Å². The quantitative estimate of drug-likeness (QED) is 0.800. The van der Waals surface area contributed by atoms with Gasteiger partial charge in [-0.3, -0.25) is 0 Å². The predicted molar refractivity (Wildman–Crippen MR) is 68.3 cm³/mol. The van der Waals surface area contributed by atoms with Crippen LogP contribution in [0.25, 0.3) is 0 Å². The molecule has 3 heteroatoms. The molecule has 17 heavy (non-hydrogen) atoms. The SMILES string of the molecule is CCC(NC(CO)C(C)C)c1ccc(F)cc1. The summed E-state index contributed by atoms with van der Waals surface area (Å²) in [7, 11) is 0. The van der Waals surface area contributed by atoms with E-state index < -0.39 is 0 Å².